The minimum Gasteiger partial charge on any atom is -0.390 e. The maximum atomic E-state index is 9.63. The van der Waals surface area contributed by atoms with Gasteiger partial charge in [0.1, 0.15) is 0 Å². The molecule has 3 heteroatoms. The summed E-state index contributed by atoms with van der Waals surface area (Å²) in [6.07, 6.45) is 5.83. The van der Waals surface area contributed by atoms with E-state index in [-0.39, 0.29) is 0 Å². The molecule has 0 aliphatic carbocycles. The van der Waals surface area contributed by atoms with Crippen molar-refractivity contribution in [1.82, 2.24) is 5.32 Å². The van der Waals surface area contributed by atoms with Crippen molar-refractivity contribution in [3.05, 3.63) is 0 Å². The Hall–Kier alpha value is 0.270. The fourth-order valence-corrected chi connectivity index (χ4v) is 3.30. The third kappa shape index (κ3) is 6.77. The minimum absolute atomic E-state index is 0.499. The summed E-state index contributed by atoms with van der Waals surface area (Å²) in [7, 11) is 0. The van der Waals surface area contributed by atoms with E-state index in [0.29, 0.717) is 6.04 Å². The first-order valence-corrected chi connectivity index (χ1v) is 7.69. The molecule has 2 nitrogen and oxygen atoms in total. The van der Waals surface area contributed by atoms with E-state index in [9.17, 15) is 5.11 Å². The van der Waals surface area contributed by atoms with E-state index < -0.39 is 5.60 Å². The highest BCUT2D eigenvalue weighted by molar-refractivity contribution is 7.99. The highest BCUT2D eigenvalue weighted by Gasteiger charge is 2.17. The number of nitrogens with one attached hydrogen (secondary N) is 1. The summed E-state index contributed by atoms with van der Waals surface area (Å²) in [6.45, 7) is 6.05. The van der Waals surface area contributed by atoms with Crippen LogP contribution in [0, 0.1) is 0 Å². The van der Waals surface area contributed by atoms with E-state index in [0.717, 1.165) is 18.9 Å². The lowest BCUT2D eigenvalue weighted by molar-refractivity contribution is 0.0674. The maximum Gasteiger partial charge on any atom is 0.0591 e. The monoisotopic (exact) mass is 245 g/mol. The summed E-state index contributed by atoms with van der Waals surface area (Å²) in [5.41, 5.74) is -0.499. The van der Waals surface area contributed by atoms with E-state index in [4.69, 9.17) is 0 Å². The summed E-state index contributed by atoms with van der Waals surface area (Å²) in [6, 6.07) is 1.33. The Kier molecular flexibility index (Phi) is 6.16. The molecule has 1 aliphatic rings. The van der Waals surface area contributed by atoms with Gasteiger partial charge in [0.2, 0.25) is 0 Å². The number of thioether (sulfide) groups is 1. The van der Waals surface area contributed by atoms with E-state index in [1.54, 1.807) is 0 Å². The number of rotatable bonds is 6. The van der Waals surface area contributed by atoms with Crippen molar-refractivity contribution in [3.63, 3.8) is 0 Å². The first kappa shape index (κ1) is 14.3. The van der Waals surface area contributed by atoms with Gasteiger partial charge in [0.05, 0.1) is 5.60 Å². The van der Waals surface area contributed by atoms with Crippen molar-refractivity contribution in [2.45, 2.75) is 70.6 Å². The predicted octanol–water partition coefficient (Wildman–Crippen LogP) is 2.80. The van der Waals surface area contributed by atoms with Crippen LogP contribution in [0.15, 0.2) is 0 Å². The molecule has 1 fully saturated rings. The lowest BCUT2D eigenvalue weighted by Gasteiger charge is -2.27. The van der Waals surface area contributed by atoms with Gasteiger partial charge in [-0.25, -0.2) is 0 Å². The van der Waals surface area contributed by atoms with Gasteiger partial charge in [-0.3, -0.25) is 0 Å². The lowest BCUT2D eigenvalue weighted by atomic mass is 9.99. The van der Waals surface area contributed by atoms with Gasteiger partial charge in [0.15, 0.2) is 0 Å². The summed E-state index contributed by atoms with van der Waals surface area (Å²) < 4.78 is 0. The fourth-order valence-electron chi connectivity index (χ4n) is 2.19. The van der Waals surface area contributed by atoms with Gasteiger partial charge in [0, 0.05) is 12.1 Å². The van der Waals surface area contributed by atoms with E-state index in [2.05, 4.69) is 24.0 Å². The smallest absolute Gasteiger partial charge is 0.0591 e. The van der Waals surface area contributed by atoms with E-state index in [1.165, 1.54) is 30.8 Å². The molecule has 0 aromatic heterocycles. The standard InChI is InChI=1S/C13H27NOS/c1-11(5-4-8-13(2,3)15)14-12-6-9-16-10-7-12/h11-12,14-15H,4-10H2,1-3H3. The Morgan fingerprint density at radius 1 is 1.38 bits per heavy atom. The van der Waals surface area contributed by atoms with Crippen LogP contribution in [0.1, 0.15) is 52.9 Å². The summed E-state index contributed by atoms with van der Waals surface area (Å²) in [5.74, 6) is 2.63. The van der Waals surface area contributed by atoms with Crippen molar-refractivity contribution in [2.24, 2.45) is 0 Å². The quantitative estimate of drug-likeness (QED) is 0.755. The Bertz CT molecular complexity index is 185. The molecule has 96 valence electrons. The normalized spacial score (nSPS) is 21.0. The first-order valence-electron chi connectivity index (χ1n) is 6.53. The van der Waals surface area contributed by atoms with E-state index >= 15 is 0 Å². The average molecular weight is 245 g/mol. The highest BCUT2D eigenvalue weighted by Crippen LogP contribution is 2.18. The van der Waals surface area contributed by atoms with Crippen LogP contribution in [0.2, 0.25) is 0 Å². The molecule has 2 N–H and O–H groups in total. The summed E-state index contributed by atoms with van der Waals surface area (Å²) in [5, 5.41) is 13.3. The molecule has 16 heavy (non-hydrogen) atoms. The zero-order chi connectivity index (χ0) is 12.0. The minimum atomic E-state index is -0.499. The van der Waals surface area contributed by atoms with Crippen LogP contribution < -0.4 is 5.32 Å². The molecule has 0 aromatic rings. The average Bonchev–Trinajstić information content (AvgIpc) is 2.17. The largest absolute Gasteiger partial charge is 0.390 e. The molecule has 0 amide bonds. The third-order valence-electron chi connectivity index (χ3n) is 3.17. The summed E-state index contributed by atoms with van der Waals surface area (Å²) in [4.78, 5) is 0. The molecule has 0 radical (unpaired) electrons. The molecular weight excluding hydrogens is 218 g/mol. The summed E-state index contributed by atoms with van der Waals surface area (Å²) >= 11 is 2.07. The lowest BCUT2D eigenvalue weighted by Crippen LogP contribution is -2.39. The van der Waals surface area contributed by atoms with E-state index in [1.807, 2.05) is 13.8 Å². The van der Waals surface area contributed by atoms with Crippen LogP contribution >= 0.6 is 11.8 Å². The van der Waals surface area contributed by atoms with Crippen LogP contribution in [0.3, 0.4) is 0 Å². The number of hydrogen-bond acceptors (Lipinski definition) is 3. The van der Waals surface area contributed by atoms with Crippen molar-refractivity contribution in [2.75, 3.05) is 11.5 Å². The van der Waals surface area contributed by atoms with Crippen LogP contribution in [-0.2, 0) is 0 Å². The van der Waals surface area contributed by atoms with Gasteiger partial charge in [-0.05, 0) is 64.4 Å². The molecule has 1 aliphatic heterocycles. The maximum absolute atomic E-state index is 9.63. The number of aliphatic hydroxyl groups is 1. The second-order valence-electron chi connectivity index (χ2n) is 5.66. The second-order valence-corrected chi connectivity index (χ2v) is 6.88. The Morgan fingerprint density at radius 3 is 2.56 bits per heavy atom. The second kappa shape index (κ2) is 6.87. The zero-order valence-corrected chi connectivity index (χ0v) is 11.8. The van der Waals surface area contributed by atoms with Crippen molar-refractivity contribution in [3.8, 4) is 0 Å². The Morgan fingerprint density at radius 2 is 2.00 bits per heavy atom. The fraction of sp³-hybridized carbons (Fsp3) is 1.00. The Labute approximate surface area is 105 Å². The molecule has 0 bridgehead atoms. The molecule has 1 heterocycles. The third-order valence-corrected chi connectivity index (χ3v) is 4.22. The van der Waals surface area contributed by atoms with Crippen LogP contribution in [0.25, 0.3) is 0 Å². The molecule has 1 atom stereocenters. The molecular formula is C13H27NOS. The van der Waals surface area contributed by atoms with Crippen LogP contribution in [0.4, 0.5) is 0 Å². The van der Waals surface area contributed by atoms with Gasteiger partial charge < -0.3 is 10.4 Å². The molecule has 0 saturated carbocycles. The molecule has 0 aromatic carbocycles. The van der Waals surface area contributed by atoms with Gasteiger partial charge in [-0.15, -0.1) is 0 Å². The SMILES string of the molecule is CC(CCCC(C)(C)O)NC1CCSCC1. The van der Waals surface area contributed by atoms with Crippen LogP contribution in [0.5, 0.6) is 0 Å². The van der Waals surface area contributed by atoms with Gasteiger partial charge in [-0.2, -0.15) is 11.8 Å². The van der Waals surface area contributed by atoms with Gasteiger partial charge in [0.25, 0.3) is 0 Å². The van der Waals surface area contributed by atoms with Crippen molar-refractivity contribution < 1.29 is 5.11 Å². The highest BCUT2D eigenvalue weighted by atomic mass is 32.2. The molecule has 1 rings (SSSR count). The first-order chi connectivity index (χ1) is 7.47. The predicted molar refractivity (Wildman–Crippen MR) is 73.1 cm³/mol. The molecule has 0 spiro atoms. The molecule has 1 unspecified atom stereocenters. The number of hydrogen-bond donors (Lipinski definition) is 2. The zero-order valence-electron chi connectivity index (χ0n) is 11.0. The van der Waals surface area contributed by atoms with Crippen LogP contribution in [-0.4, -0.2) is 34.3 Å². The van der Waals surface area contributed by atoms with Crippen molar-refractivity contribution in [1.29, 1.82) is 0 Å². The van der Waals surface area contributed by atoms with Gasteiger partial charge >= 0.3 is 0 Å². The van der Waals surface area contributed by atoms with Gasteiger partial charge in [-0.1, -0.05) is 0 Å². The molecule has 1 saturated heterocycles. The van der Waals surface area contributed by atoms with Crippen molar-refractivity contribution >= 4 is 11.8 Å². The Balaban J connectivity index is 2.08. The topological polar surface area (TPSA) is 32.3 Å².